The molecule has 1 amide bonds. The van der Waals surface area contributed by atoms with E-state index in [9.17, 15) is 18.0 Å². The molecule has 1 aromatic heterocycles. The van der Waals surface area contributed by atoms with Crippen molar-refractivity contribution in [2.45, 2.75) is 38.1 Å². The Kier molecular flexibility index (Phi) is 9.20. The van der Waals surface area contributed by atoms with E-state index in [0.717, 1.165) is 44.7 Å². The average Bonchev–Trinajstić information content (AvgIpc) is 3.11. The van der Waals surface area contributed by atoms with Gasteiger partial charge in [-0.3, -0.25) is 9.78 Å². The summed E-state index contributed by atoms with van der Waals surface area (Å²) in [6.07, 6.45) is -0.145. The van der Waals surface area contributed by atoms with Gasteiger partial charge in [0.1, 0.15) is 6.61 Å². The first-order valence-corrected chi connectivity index (χ1v) is 9.81. The third-order valence-corrected chi connectivity index (χ3v) is 5.25. The zero-order chi connectivity index (χ0) is 22.9. The minimum absolute atomic E-state index is 0.0847. The first-order chi connectivity index (χ1) is 14.6. The van der Waals surface area contributed by atoms with E-state index in [1.165, 1.54) is 0 Å². The molecule has 2 aliphatic heterocycles. The van der Waals surface area contributed by atoms with Crippen LogP contribution < -0.4 is 0 Å². The zero-order valence-electron chi connectivity index (χ0n) is 17.3. The highest BCUT2D eigenvalue weighted by molar-refractivity contribution is 5.77. The molecule has 8 nitrogen and oxygen atoms in total. The molecule has 0 radical (unpaired) electrons. The summed E-state index contributed by atoms with van der Waals surface area (Å²) >= 11 is 0. The number of carbonyl (C=O) groups excluding carboxylic acids is 1. The number of aromatic nitrogens is 1. The van der Waals surface area contributed by atoms with Gasteiger partial charge in [0.2, 0.25) is 5.91 Å². The Labute approximate surface area is 178 Å². The Morgan fingerprint density at radius 2 is 2.00 bits per heavy atom. The number of carboxylic acid groups (broad SMARTS) is 1. The number of carbonyl (C=O) groups is 2. The summed E-state index contributed by atoms with van der Waals surface area (Å²) < 4.78 is 48.4. The molecule has 11 heteroatoms. The van der Waals surface area contributed by atoms with Crippen molar-refractivity contribution in [2.75, 3.05) is 40.0 Å². The molecule has 0 aromatic carbocycles. The van der Waals surface area contributed by atoms with Crippen molar-refractivity contribution in [1.82, 2.24) is 9.88 Å². The van der Waals surface area contributed by atoms with Gasteiger partial charge in [0.25, 0.3) is 0 Å². The van der Waals surface area contributed by atoms with E-state index in [2.05, 4.69) is 4.98 Å². The number of halogens is 3. The first kappa shape index (κ1) is 25.0. The monoisotopic (exact) mass is 448 g/mol. The largest absolute Gasteiger partial charge is 0.490 e. The van der Waals surface area contributed by atoms with Crippen LogP contribution in [0.25, 0.3) is 0 Å². The number of aliphatic carboxylic acids is 1. The summed E-state index contributed by atoms with van der Waals surface area (Å²) in [5, 5.41) is 7.12. The summed E-state index contributed by atoms with van der Waals surface area (Å²) in [5.74, 6) is -2.67. The third-order valence-electron chi connectivity index (χ3n) is 5.25. The fourth-order valence-electron chi connectivity index (χ4n) is 3.57. The second-order valence-corrected chi connectivity index (χ2v) is 7.59. The minimum atomic E-state index is -5.08. The van der Waals surface area contributed by atoms with Crippen LogP contribution in [-0.4, -0.2) is 79.2 Å². The van der Waals surface area contributed by atoms with Crippen LogP contribution in [0.5, 0.6) is 0 Å². The van der Waals surface area contributed by atoms with Crippen LogP contribution in [0.4, 0.5) is 13.2 Å². The predicted molar refractivity (Wildman–Crippen MR) is 102 cm³/mol. The molecule has 1 unspecified atom stereocenters. The van der Waals surface area contributed by atoms with E-state index in [0.29, 0.717) is 13.2 Å². The quantitative estimate of drug-likeness (QED) is 0.713. The lowest BCUT2D eigenvalue weighted by Crippen LogP contribution is -2.44. The van der Waals surface area contributed by atoms with E-state index in [4.69, 9.17) is 24.1 Å². The maximum atomic E-state index is 11.9. The highest BCUT2D eigenvalue weighted by atomic mass is 19.4. The Bertz CT molecular complexity index is 709. The number of hydrogen-bond acceptors (Lipinski definition) is 6. The number of pyridine rings is 1. The molecule has 3 rings (SSSR count). The maximum absolute atomic E-state index is 11.9. The van der Waals surface area contributed by atoms with Crippen molar-refractivity contribution in [1.29, 1.82) is 0 Å². The summed E-state index contributed by atoms with van der Waals surface area (Å²) in [4.78, 5) is 26.9. The minimum Gasteiger partial charge on any atom is -0.475 e. The second kappa shape index (κ2) is 11.4. The normalized spacial score (nSPS) is 20.3. The number of alkyl halides is 3. The molecular formula is C20H27F3N2O6. The maximum Gasteiger partial charge on any atom is 0.490 e. The standard InChI is InChI=1S/C18H26N2O4.C2HF3O2/c1-22-13-17(21)20-8-5-18(6-9-20)10-16(24-14-18)12-23-11-15-4-2-3-7-19-15;3-2(4,5)1(6)7/h2-4,7,16H,5-6,8-14H2,1H3;(H,6,7). The van der Waals surface area contributed by atoms with Gasteiger partial charge < -0.3 is 24.2 Å². The van der Waals surface area contributed by atoms with E-state index < -0.39 is 12.1 Å². The Morgan fingerprint density at radius 3 is 2.55 bits per heavy atom. The fraction of sp³-hybridized carbons (Fsp3) is 0.650. The number of hydrogen-bond donors (Lipinski definition) is 1. The van der Waals surface area contributed by atoms with Gasteiger partial charge >= 0.3 is 12.1 Å². The fourth-order valence-corrected chi connectivity index (χ4v) is 3.57. The van der Waals surface area contributed by atoms with Crippen molar-refractivity contribution in [3.05, 3.63) is 30.1 Å². The van der Waals surface area contributed by atoms with Crippen molar-refractivity contribution in [3.63, 3.8) is 0 Å². The molecule has 174 valence electrons. The summed E-state index contributed by atoms with van der Waals surface area (Å²) in [5.41, 5.74) is 1.15. The van der Waals surface area contributed by atoms with Gasteiger partial charge in [-0.2, -0.15) is 13.2 Å². The van der Waals surface area contributed by atoms with Gasteiger partial charge in [-0.1, -0.05) is 6.07 Å². The van der Waals surface area contributed by atoms with E-state index in [1.807, 2.05) is 23.1 Å². The third kappa shape index (κ3) is 8.08. The molecule has 2 aliphatic rings. The number of amides is 1. The van der Waals surface area contributed by atoms with Crippen molar-refractivity contribution in [3.8, 4) is 0 Å². The number of methoxy groups -OCH3 is 1. The molecule has 2 saturated heterocycles. The molecule has 1 spiro atoms. The van der Waals surface area contributed by atoms with E-state index >= 15 is 0 Å². The number of carboxylic acids is 1. The Balaban J connectivity index is 0.000000423. The molecular weight excluding hydrogens is 421 g/mol. The topological polar surface area (TPSA) is 98.2 Å². The Hall–Kier alpha value is -2.24. The van der Waals surface area contributed by atoms with E-state index in [-0.39, 0.29) is 24.0 Å². The van der Waals surface area contributed by atoms with Gasteiger partial charge in [0.05, 0.1) is 31.6 Å². The number of piperidine rings is 1. The lowest BCUT2D eigenvalue weighted by Gasteiger charge is -2.38. The van der Waals surface area contributed by atoms with Crippen LogP contribution in [0.15, 0.2) is 24.4 Å². The zero-order valence-corrected chi connectivity index (χ0v) is 17.3. The van der Waals surface area contributed by atoms with Crippen molar-refractivity contribution >= 4 is 11.9 Å². The molecule has 3 heterocycles. The number of nitrogens with zero attached hydrogens (tertiary/aromatic N) is 2. The van der Waals surface area contributed by atoms with Gasteiger partial charge in [0.15, 0.2) is 0 Å². The molecule has 31 heavy (non-hydrogen) atoms. The Morgan fingerprint density at radius 1 is 1.32 bits per heavy atom. The summed E-state index contributed by atoms with van der Waals surface area (Å²) in [6, 6.07) is 5.83. The predicted octanol–water partition coefficient (Wildman–Crippen LogP) is 2.28. The van der Waals surface area contributed by atoms with E-state index in [1.54, 1.807) is 13.3 Å². The van der Waals surface area contributed by atoms with Gasteiger partial charge in [-0.25, -0.2) is 4.79 Å². The number of rotatable bonds is 6. The SMILES string of the molecule is COCC(=O)N1CCC2(CC1)COC(COCc1ccccn1)C2.O=C(O)C(F)(F)F. The molecule has 1 aromatic rings. The molecule has 0 aliphatic carbocycles. The van der Waals surface area contributed by atoms with Crippen LogP contribution in [0.2, 0.25) is 0 Å². The smallest absolute Gasteiger partial charge is 0.475 e. The molecule has 0 saturated carbocycles. The highest BCUT2D eigenvalue weighted by Gasteiger charge is 2.43. The van der Waals surface area contributed by atoms with Crippen LogP contribution in [-0.2, 0) is 30.4 Å². The average molecular weight is 448 g/mol. The lowest BCUT2D eigenvalue weighted by atomic mass is 9.76. The van der Waals surface area contributed by atoms with Gasteiger partial charge in [0, 0.05) is 26.4 Å². The van der Waals surface area contributed by atoms with Crippen LogP contribution in [0.3, 0.4) is 0 Å². The first-order valence-electron chi connectivity index (χ1n) is 9.81. The highest BCUT2D eigenvalue weighted by Crippen LogP contribution is 2.42. The summed E-state index contributed by atoms with van der Waals surface area (Å²) in [6.45, 7) is 3.67. The number of ether oxygens (including phenoxy) is 3. The van der Waals surface area contributed by atoms with Crippen molar-refractivity contribution < 1.29 is 42.1 Å². The molecule has 1 atom stereocenters. The number of likely N-dealkylation sites (tertiary alicyclic amines) is 1. The molecule has 1 N–H and O–H groups in total. The van der Waals surface area contributed by atoms with Crippen LogP contribution in [0.1, 0.15) is 25.0 Å². The second-order valence-electron chi connectivity index (χ2n) is 7.59. The molecule has 0 bridgehead atoms. The summed E-state index contributed by atoms with van der Waals surface area (Å²) in [7, 11) is 1.56. The van der Waals surface area contributed by atoms with Crippen LogP contribution >= 0.6 is 0 Å². The van der Waals surface area contributed by atoms with Gasteiger partial charge in [-0.15, -0.1) is 0 Å². The molecule has 2 fully saturated rings. The van der Waals surface area contributed by atoms with Gasteiger partial charge in [-0.05, 0) is 36.8 Å². The lowest BCUT2D eigenvalue weighted by molar-refractivity contribution is -0.192. The van der Waals surface area contributed by atoms with Crippen molar-refractivity contribution in [2.24, 2.45) is 5.41 Å². The van der Waals surface area contributed by atoms with Crippen LogP contribution in [0, 0.1) is 5.41 Å².